The van der Waals surface area contributed by atoms with Crippen LogP contribution in [0.1, 0.15) is 41.8 Å². The van der Waals surface area contributed by atoms with E-state index in [0.717, 1.165) is 5.56 Å². The molecule has 1 aliphatic rings. The molecule has 0 bridgehead atoms. The van der Waals surface area contributed by atoms with Gasteiger partial charge in [0, 0.05) is 24.2 Å². The predicted octanol–water partition coefficient (Wildman–Crippen LogP) is 4.19. The Morgan fingerprint density at radius 1 is 1.25 bits per heavy atom. The first-order valence-electron chi connectivity index (χ1n) is 11.5. The number of amides is 2. The van der Waals surface area contributed by atoms with Crippen molar-refractivity contribution >= 4 is 28.6 Å². The first-order chi connectivity index (χ1) is 17.4. The Kier molecular flexibility index (Phi) is 6.23. The van der Waals surface area contributed by atoms with Crippen LogP contribution in [-0.2, 0) is 11.4 Å². The van der Waals surface area contributed by atoms with Gasteiger partial charge >= 0.3 is 6.03 Å². The van der Waals surface area contributed by atoms with Crippen molar-refractivity contribution in [2.75, 3.05) is 17.7 Å². The van der Waals surface area contributed by atoms with Crippen molar-refractivity contribution in [1.29, 1.82) is 0 Å². The van der Waals surface area contributed by atoms with Crippen LogP contribution in [0.2, 0.25) is 0 Å². The summed E-state index contributed by atoms with van der Waals surface area (Å²) in [7, 11) is 0. The molecule has 4 aromatic rings. The van der Waals surface area contributed by atoms with Crippen molar-refractivity contribution in [3.63, 3.8) is 0 Å². The highest BCUT2D eigenvalue weighted by atomic mass is 19.1. The fraction of sp³-hybridized carbons (Fsp3) is 0.231. The molecule has 2 amide bonds. The number of rotatable bonds is 3. The summed E-state index contributed by atoms with van der Waals surface area (Å²) in [6, 6.07) is 10.8. The van der Waals surface area contributed by atoms with E-state index in [1.54, 1.807) is 28.9 Å². The summed E-state index contributed by atoms with van der Waals surface area (Å²) >= 11 is 0. The number of hydrogen-bond donors (Lipinski definition) is 2. The molecule has 3 heterocycles. The molecule has 9 nitrogen and oxygen atoms in total. The van der Waals surface area contributed by atoms with E-state index in [1.807, 2.05) is 19.9 Å². The minimum Gasteiger partial charge on any atom is -0.383 e. The van der Waals surface area contributed by atoms with E-state index in [2.05, 4.69) is 32.2 Å². The molecule has 182 valence electrons. The van der Waals surface area contributed by atoms with Crippen molar-refractivity contribution in [2.45, 2.75) is 32.9 Å². The van der Waals surface area contributed by atoms with E-state index < -0.39 is 6.03 Å². The second-order valence-electron chi connectivity index (χ2n) is 8.35. The highest BCUT2D eigenvalue weighted by Crippen LogP contribution is 2.31. The molecule has 1 fully saturated rings. The number of urea groups is 1. The van der Waals surface area contributed by atoms with Gasteiger partial charge in [-0.1, -0.05) is 24.1 Å². The average Bonchev–Trinajstić information content (AvgIpc) is 3.50. The Hall–Kier alpha value is -4.49. The third-order valence-electron chi connectivity index (χ3n) is 6.00. The number of carbonyl (C=O) groups is 1. The Balaban J connectivity index is 1.39. The van der Waals surface area contributed by atoms with E-state index in [-0.39, 0.29) is 11.9 Å². The van der Waals surface area contributed by atoms with Gasteiger partial charge in [0.2, 0.25) is 0 Å². The van der Waals surface area contributed by atoms with Gasteiger partial charge in [-0.05, 0) is 55.2 Å². The van der Waals surface area contributed by atoms with Crippen LogP contribution in [0.25, 0.3) is 11.0 Å². The Morgan fingerprint density at radius 3 is 2.92 bits per heavy atom. The largest absolute Gasteiger partial charge is 0.383 e. The van der Waals surface area contributed by atoms with E-state index in [9.17, 15) is 9.18 Å². The Bertz CT molecular complexity index is 1520. The van der Waals surface area contributed by atoms with Gasteiger partial charge in [-0.3, -0.25) is 4.84 Å². The zero-order chi connectivity index (χ0) is 25.2. The predicted molar refractivity (Wildman–Crippen MR) is 133 cm³/mol. The van der Waals surface area contributed by atoms with E-state index >= 15 is 0 Å². The standard InChI is InChI=1S/C26H24FN7O2/c1-3-33-25-23(24(28)29-15-30-25)21(32-33)10-8-17-14-20(9-7-16(17)2)31-26(35)34-22(11-12-36-34)18-5-4-6-19(27)13-18/h4-7,9,13-15,22H,3,11-12H2,1-2H3,(H,31,35)(H2,28,29,30)/t22-/m1/s1. The molecule has 0 unspecified atom stereocenters. The number of hydroxylamine groups is 2. The summed E-state index contributed by atoms with van der Waals surface area (Å²) in [4.78, 5) is 26.9. The normalized spacial score (nSPS) is 15.1. The minimum absolute atomic E-state index is 0.320. The summed E-state index contributed by atoms with van der Waals surface area (Å²) in [5.41, 5.74) is 10.1. The minimum atomic E-state index is -0.442. The van der Waals surface area contributed by atoms with Gasteiger partial charge in [-0.15, -0.1) is 0 Å². The van der Waals surface area contributed by atoms with Gasteiger partial charge in [0.25, 0.3) is 0 Å². The first-order valence-corrected chi connectivity index (χ1v) is 11.5. The molecule has 1 aliphatic heterocycles. The molecule has 2 aromatic carbocycles. The van der Waals surface area contributed by atoms with Gasteiger partial charge < -0.3 is 11.1 Å². The summed E-state index contributed by atoms with van der Waals surface area (Å²) in [5.74, 6) is 6.18. The molecular formula is C26H24FN7O2. The molecular weight excluding hydrogens is 461 g/mol. The Labute approximate surface area is 207 Å². The maximum Gasteiger partial charge on any atom is 0.346 e. The molecule has 5 rings (SSSR count). The van der Waals surface area contributed by atoms with Gasteiger partial charge in [-0.25, -0.2) is 23.8 Å². The second-order valence-corrected chi connectivity index (χ2v) is 8.35. The van der Waals surface area contributed by atoms with Gasteiger partial charge in [0.1, 0.15) is 23.7 Å². The van der Waals surface area contributed by atoms with Crippen molar-refractivity contribution in [2.24, 2.45) is 0 Å². The molecule has 2 aromatic heterocycles. The molecule has 0 radical (unpaired) electrons. The summed E-state index contributed by atoms with van der Waals surface area (Å²) in [6.45, 7) is 4.87. The summed E-state index contributed by atoms with van der Waals surface area (Å²) < 4.78 is 15.4. The summed E-state index contributed by atoms with van der Waals surface area (Å²) in [5, 5.41) is 9.25. The lowest BCUT2D eigenvalue weighted by molar-refractivity contribution is -0.0830. The third-order valence-corrected chi connectivity index (χ3v) is 6.00. The number of nitrogens with one attached hydrogen (secondary N) is 1. The number of halogens is 1. The number of nitrogens with two attached hydrogens (primary N) is 1. The van der Waals surface area contributed by atoms with Crippen LogP contribution in [0.3, 0.4) is 0 Å². The third kappa shape index (κ3) is 4.44. The molecule has 36 heavy (non-hydrogen) atoms. The zero-order valence-corrected chi connectivity index (χ0v) is 19.8. The summed E-state index contributed by atoms with van der Waals surface area (Å²) in [6.07, 6.45) is 1.98. The number of anilines is 2. The fourth-order valence-electron chi connectivity index (χ4n) is 4.16. The van der Waals surface area contributed by atoms with Crippen molar-refractivity contribution in [3.05, 3.63) is 77.0 Å². The number of carbonyl (C=O) groups excluding carboxylic acids is 1. The van der Waals surface area contributed by atoms with Crippen LogP contribution in [0.4, 0.5) is 20.7 Å². The first kappa shape index (κ1) is 23.3. The number of fused-ring (bicyclic) bond motifs is 1. The average molecular weight is 486 g/mol. The lowest BCUT2D eigenvalue weighted by Crippen LogP contribution is -2.33. The number of hydrogen-bond acceptors (Lipinski definition) is 6. The van der Waals surface area contributed by atoms with Crippen LogP contribution in [0, 0.1) is 24.6 Å². The zero-order valence-electron chi connectivity index (χ0n) is 19.8. The van der Waals surface area contributed by atoms with E-state index in [0.29, 0.717) is 58.9 Å². The number of nitrogens with zero attached hydrogens (tertiary/aromatic N) is 5. The van der Waals surface area contributed by atoms with Crippen LogP contribution < -0.4 is 11.1 Å². The maximum absolute atomic E-state index is 13.7. The molecule has 0 saturated carbocycles. The van der Waals surface area contributed by atoms with Crippen LogP contribution in [0.5, 0.6) is 0 Å². The SMILES string of the molecule is CCn1nc(C#Cc2cc(NC(=O)N3OCC[C@@H]3c3cccc(F)c3)ccc2C)c2c(N)ncnc21. The van der Waals surface area contributed by atoms with Gasteiger partial charge in [0.15, 0.2) is 5.65 Å². The second kappa shape index (κ2) is 9.64. The maximum atomic E-state index is 13.7. The number of benzene rings is 2. The highest BCUT2D eigenvalue weighted by Gasteiger charge is 2.32. The highest BCUT2D eigenvalue weighted by molar-refractivity contribution is 5.91. The molecule has 3 N–H and O–H groups in total. The molecule has 1 atom stereocenters. The Morgan fingerprint density at radius 2 is 2.11 bits per heavy atom. The molecule has 10 heteroatoms. The van der Waals surface area contributed by atoms with E-state index in [1.165, 1.54) is 23.5 Å². The van der Waals surface area contributed by atoms with E-state index in [4.69, 9.17) is 10.6 Å². The number of nitrogen functional groups attached to an aromatic ring is 1. The van der Waals surface area contributed by atoms with Gasteiger partial charge in [-0.2, -0.15) is 10.2 Å². The van der Waals surface area contributed by atoms with Crippen molar-refractivity contribution in [3.8, 4) is 11.8 Å². The lowest BCUT2D eigenvalue weighted by atomic mass is 10.0. The fourth-order valence-corrected chi connectivity index (χ4v) is 4.16. The van der Waals surface area contributed by atoms with Crippen LogP contribution >= 0.6 is 0 Å². The molecule has 0 aliphatic carbocycles. The van der Waals surface area contributed by atoms with Gasteiger partial charge in [0.05, 0.1) is 18.0 Å². The number of aromatic nitrogens is 4. The monoisotopic (exact) mass is 485 g/mol. The molecule has 0 spiro atoms. The van der Waals surface area contributed by atoms with Crippen molar-refractivity contribution in [1.82, 2.24) is 24.8 Å². The van der Waals surface area contributed by atoms with Crippen LogP contribution in [0.15, 0.2) is 48.8 Å². The van der Waals surface area contributed by atoms with Crippen LogP contribution in [-0.4, -0.2) is 37.4 Å². The topological polar surface area (TPSA) is 111 Å². The smallest absolute Gasteiger partial charge is 0.346 e. The quantitative estimate of drug-likeness (QED) is 0.421. The molecule has 1 saturated heterocycles. The lowest BCUT2D eigenvalue weighted by Gasteiger charge is -2.23. The number of aryl methyl sites for hydroxylation is 2. The van der Waals surface area contributed by atoms with Crippen molar-refractivity contribution < 1.29 is 14.0 Å².